The molecule has 2 rings (SSSR count). The fourth-order valence-electron chi connectivity index (χ4n) is 1.95. The molecule has 0 radical (unpaired) electrons. The van der Waals surface area contributed by atoms with Crippen LogP contribution >= 0.6 is 15.9 Å². The molecule has 20 heavy (non-hydrogen) atoms. The molecule has 0 saturated heterocycles. The van der Waals surface area contributed by atoms with Gasteiger partial charge in [-0.3, -0.25) is 4.79 Å². The van der Waals surface area contributed by atoms with Gasteiger partial charge in [0.25, 0.3) is 0 Å². The van der Waals surface area contributed by atoms with Crippen molar-refractivity contribution >= 4 is 33.6 Å². The zero-order valence-electron chi connectivity index (χ0n) is 11.5. The van der Waals surface area contributed by atoms with Crippen molar-refractivity contribution < 1.29 is 4.79 Å². The molecule has 0 bridgehead atoms. The molecular weight excluding hydrogens is 314 g/mol. The average molecular weight is 330 g/mol. The maximum absolute atomic E-state index is 12.0. The number of anilines is 1. The van der Waals surface area contributed by atoms with Gasteiger partial charge in [-0.1, -0.05) is 52.3 Å². The molecular formula is C17H16BrNO. The Labute approximate surface area is 127 Å². The zero-order valence-corrected chi connectivity index (χ0v) is 13.1. The first-order valence-electron chi connectivity index (χ1n) is 6.38. The first kappa shape index (κ1) is 14.5. The third-order valence-corrected chi connectivity index (χ3v) is 3.77. The number of carbonyl (C=O) groups is 1. The Morgan fingerprint density at radius 1 is 1.05 bits per heavy atom. The molecule has 2 nitrogen and oxygen atoms in total. The first-order valence-corrected chi connectivity index (χ1v) is 7.17. The highest BCUT2D eigenvalue weighted by molar-refractivity contribution is 9.10. The molecule has 0 aliphatic heterocycles. The molecule has 0 fully saturated rings. The van der Waals surface area contributed by atoms with Crippen LogP contribution in [0.15, 0.2) is 53.0 Å². The Balaban J connectivity index is 2.12. The highest BCUT2D eigenvalue weighted by Crippen LogP contribution is 2.20. The number of aryl methyl sites for hydroxylation is 2. The Bertz CT molecular complexity index is 642. The van der Waals surface area contributed by atoms with E-state index in [0.717, 1.165) is 26.9 Å². The van der Waals surface area contributed by atoms with Crippen LogP contribution in [0, 0.1) is 13.8 Å². The lowest BCUT2D eigenvalue weighted by Crippen LogP contribution is -2.10. The maximum Gasteiger partial charge on any atom is 0.248 e. The van der Waals surface area contributed by atoms with Crippen LogP contribution in [0.2, 0.25) is 0 Å². The second-order valence-electron chi connectivity index (χ2n) is 4.61. The smallest absolute Gasteiger partial charge is 0.248 e. The minimum Gasteiger partial charge on any atom is -0.322 e. The van der Waals surface area contributed by atoms with Gasteiger partial charge in [0.15, 0.2) is 0 Å². The number of nitrogens with one attached hydrogen (secondary N) is 1. The van der Waals surface area contributed by atoms with Crippen molar-refractivity contribution in [1.29, 1.82) is 0 Å². The third-order valence-electron chi connectivity index (χ3n) is 3.05. The lowest BCUT2D eigenvalue weighted by molar-refractivity contribution is -0.111. The van der Waals surface area contributed by atoms with Gasteiger partial charge in [-0.05, 0) is 42.7 Å². The standard InChI is InChI=1S/C17H16BrNO/c1-12-6-5-7-13(2)17(12)19-16(20)11-10-14-8-3-4-9-15(14)18/h3-11H,1-2H3,(H,19,20)/b11-10+. The zero-order chi connectivity index (χ0) is 14.5. The molecule has 0 unspecified atom stereocenters. The summed E-state index contributed by atoms with van der Waals surface area (Å²) in [6, 6.07) is 13.7. The van der Waals surface area contributed by atoms with Crippen LogP contribution in [0.5, 0.6) is 0 Å². The van der Waals surface area contributed by atoms with Gasteiger partial charge >= 0.3 is 0 Å². The van der Waals surface area contributed by atoms with Crippen LogP contribution in [-0.2, 0) is 4.79 Å². The van der Waals surface area contributed by atoms with E-state index in [-0.39, 0.29) is 5.91 Å². The Morgan fingerprint density at radius 3 is 2.35 bits per heavy atom. The normalized spacial score (nSPS) is 10.8. The quantitative estimate of drug-likeness (QED) is 0.811. The lowest BCUT2D eigenvalue weighted by atomic mass is 10.1. The van der Waals surface area contributed by atoms with Crippen molar-refractivity contribution in [2.24, 2.45) is 0 Å². The second-order valence-corrected chi connectivity index (χ2v) is 5.47. The molecule has 0 saturated carbocycles. The van der Waals surface area contributed by atoms with Gasteiger partial charge in [0.2, 0.25) is 5.91 Å². The van der Waals surface area contributed by atoms with E-state index in [1.807, 2.05) is 56.3 Å². The van der Waals surface area contributed by atoms with Crippen molar-refractivity contribution in [3.63, 3.8) is 0 Å². The van der Waals surface area contributed by atoms with E-state index >= 15 is 0 Å². The Morgan fingerprint density at radius 2 is 1.70 bits per heavy atom. The van der Waals surface area contributed by atoms with Gasteiger partial charge in [0.05, 0.1) is 0 Å². The van der Waals surface area contributed by atoms with E-state index in [0.29, 0.717) is 0 Å². The van der Waals surface area contributed by atoms with Gasteiger partial charge in [-0.15, -0.1) is 0 Å². The fraction of sp³-hybridized carbons (Fsp3) is 0.118. The average Bonchev–Trinajstić information content (AvgIpc) is 2.42. The number of hydrogen-bond donors (Lipinski definition) is 1. The summed E-state index contributed by atoms with van der Waals surface area (Å²) < 4.78 is 0.969. The Kier molecular flexibility index (Phi) is 4.74. The van der Waals surface area contributed by atoms with Crippen molar-refractivity contribution in [3.8, 4) is 0 Å². The van der Waals surface area contributed by atoms with Crippen LogP contribution in [0.1, 0.15) is 16.7 Å². The monoisotopic (exact) mass is 329 g/mol. The van der Waals surface area contributed by atoms with Gasteiger partial charge in [-0.25, -0.2) is 0 Å². The molecule has 1 N–H and O–H groups in total. The topological polar surface area (TPSA) is 29.1 Å². The number of rotatable bonds is 3. The molecule has 0 aliphatic rings. The summed E-state index contributed by atoms with van der Waals surface area (Å²) >= 11 is 3.45. The summed E-state index contributed by atoms with van der Waals surface area (Å²) in [5.41, 5.74) is 3.98. The maximum atomic E-state index is 12.0. The molecule has 102 valence electrons. The summed E-state index contributed by atoms with van der Waals surface area (Å²) in [5, 5.41) is 2.93. The van der Waals surface area contributed by atoms with Crippen molar-refractivity contribution in [2.45, 2.75) is 13.8 Å². The van der Waals surface area contributed by atoms with Crippen molar-refractivity contribution in [3.05, 3.63) is 69.7 Å². The molecule has 2 aromatic carbocycles. The molecule has 0 aromatic heterocycles. The summed E-state index contributed by atoms with van der Waals surface area (Å²) in [4.78, 5) is 12.0. The molecule has 0 heterocycles. The Hall–Kier alpha value is -1.87. The van der Waals surface area contributed by atoms with E-state index in [1.54, 1.807) is 12.2 Å². The minimum atomic E-state index is -0.127. The number of carbonyl (C=O) groups excluding carboxylic acids is 1. The largest absolute Gasteiger partial charge is 0.322 e. The minimum absolute atomic E-state index is 0.127. The van der Waals surface area contributed by atoms with E-state index in [4.69, 9.17) is 0 Å². The predicted octanol–water partition coefficient (Wildman–Crippen LogP) is 4.72. The number of amides is 1. The third kappa shape index (κ3) is 3.58. The number of para-hydroxylation sites is 1. The van der Waals surface area contributed by atoms with E-state index in [2.05, 4.69) is 21.2 Å². The summed E-state index contributed by atoms with van der Waals surface area (Å²) in [6.07, 6.45) is 3.35. The predicted molar refractivity (Wildman–Crippen MR) is 87.7 cm³/mol. The number of hydrogen-bond acceptors (Lipinski definition) is 1. The van der Waals surface area contributed by atoms with Crippen molar-refractivity contribution in [2.75, 3.05) is 5.32 Å². The highest BCUT2D eigenvalue weighted by Gasteiger charge is 2.04. The number of benzene rings is 2. The highest BCUT2D eigenvalue weighted by atomic mass is 79.9. The van der Waals surface area contributed by atoms with Crippen LogP contribution in [-0.4, -0.2) is 5.91 Å². The van der Waals surface area contributed by atoms with Crippen LogP contribution in [0.4, 0.5) is 5.69 Å². The molecule has 0 atom stereocenters. The van der Waals surface area contributed by atoms with E-state index in [1.165, 1.54) is 0 Å². The SMILES string of the molecule is Cc1cccc(C)c1NC(=O)/C=C/c1ccccc1Br. The van der Waals surface area contributed by atoms with Gasteiger partial charge in [0.1, 0.15) is 0 Å². The summed E-state index contributed by atoms with van der Waals surface area (Å²) in [6.45, 7) is 3.97. The first-order chi connectivity index (χ1) is 9.58. The van der Waals surface area contributed by atoms with Crippen LogP contribution in [0.3, 0.4) is 0 Å². The van der Waals surface area contributed by atoms with Crippen molar-refractivity contribution in [1.82, 2.24) is 0 Å². The molecule has 0 aliphatic carbocycles. The van der Waals surface area contributed by atoms with Crippen LogP contribution in [0.25, 0.3) is 6.08 Å². The van der Waals surface area contributed by atoms with Gasteiger partial charge in [0, 0.05) is 16.2 Å². The molecule has 3 heteroatoms. The second kappa shape index (κ2) is 6.53. The fourth-order valence-corrected chi connectivity index (χ4v) is 2.37. The van der Waals surface area contributed by atoms with Gasteiger partial charge < -0.3 is 5.32 Å². The molecule has 1 amide bonds. The summed E-state index contributed by atoms with van der Waals surface area (Å²) in [7, 11) is 0. The van der Waals surface area contributed by atoms with Gasteiger partial charge in [-0.2, -0.15) is 0 Å². The van der Waals surface area contributed by atoms with Crippen LogP contribution < -0.4 is 5.32 Å². The van der Waals surface area contributed by atoms with E-state index < -0.39 is 0 Å². The lowest BCUT2D eigenvalue weighted by Gasteiger charge is -2.09. The van der Waals surface area contributed by atoms with E-state index in [9.17, 15) is 4.79 Å². The molecule has 2 aromatic rings. The number of halogens is 1. The molecule has 0 spiro atoms. The summed E-state index contributed by atoms with van der Waals surface area (Å²) in [5.74, 6) is -0.127.